The Balaban J connectivity index is 2.43. The Bertz CT molecular complexity index is 519. The summed E-state index contributed by atoms with van der Waals surface area (Å²) in [6.07, 6.45) is 0.473. The van der Waals surface area contributed by atoms with Gasteiger partial charge in [0.05, 0.1) is 0 Å². The first-order valence-electron chi connectivity index (χ1n) is 6.72. The SMILES string of the molecule is CCS(=O)CCNC(=O)Nc1cccc(CCC(=O)O)c1. The molecule has 0 fully saturated rings. The number of urea groups is 1. The minimum Gasteiger partial charge on any atom is -0.481 e. The molecule has 0 aliphatic rings. The lowest BCUT2D eigenvalue weighted by Crippen LogP contribution is -2.32. The lowest BCUT2D eigenvalue weighted by Gasteiger charge is -2.08. The molecule has 1 rings (SSSR count). The van der Waals surface area contributed by atoms with Crippen LogP contribution < -0.4 is 10.6 Å². The van der Waals surface area contributed by atoms with Gasteiger partial charge in [0.2, 0.25) is 0 Å². The van der Waals surface area contributed by atoms with Crippen molar-refractivity contribution < 1.29 is 18.9 Å². The summed E-state index contributed by atoms with van der Waals surface area (Å²) in [7, 11) is -0.899. The maximum atomic E-state index is 11.6. The van der Waals surface area contributed by atoms with Crippen LogP contribution in [0.1, 0.15) is 18.9 Å². The van der Waals surface area contributed by atoms with E-state index in [2.05, 4.69) is 10.6 Å². The number of carboxylic acids is 1. The van der Waals surface area contributed by atoms with Crippen molar-refractivity contribution in [3.63, 3.8) is 0 Å². The molecule has 0 bridgehead atoms. The van der Waals surface area contributed by atoms with Crippen LogP contribution in [-0.2, 0) is 22.0 Å². The van der Waals surface area contributed by atoms with E-state index in [0.717, 1.165) is 5.56 Å². The molecule has 21 heavy (non-hydrogen) atoms. The van der Waals surface area contributed by atoms with Gasteiger partial charge in [0.25, 0.3) is 0 Å². The largest absolute Gasteiger partial charge is 0.481 e. The number of amides is 2. The summed E-state index contributed by atoms with van der Waals surface area (Å²) in [6.45, 7) is 2.18. The number of hydrogen-bond donors (Lipinski definition) is 3. The molecule has 2 amide bonds. The standard InChI is InChI=1S/C14H20N2O4S/c1-2-21(20)9-8-15-14(19)16-12-5-3-4-11(10-12)6-7-13(17)18/h3-5,10H,2,6-9H2,1H3,(H,17,18)(H2,15,16,19). The Morgan fingerprint density at radius 1 is 1.33 bits per heavy atom. The number of anilines is 1. The van der Waals surface area contributed by atoms with E-state index in [1.54, 1.807) is 18.2 Å². The summed E-state index contributed by atoms with van der Waals surface area (Å²) in [5.74, 6) is 0.160. The summed E-state index contributed by atoms with van der Waals surface area (Å²) in [5, 5.41) is 13.9. The predicted molar refractivity (Wildman–Crippen MR) is 83.0 cm³/mol. The highest BCUT2D eigenvalue weighted by molar-refractivity contribution is 7.84. The number of rotatable bonds is 8. The second-order valence-electron chi connectivity index (χ2n) is 4.41. The van der Waals surface area contributed by atoms with E-state index in [0.29, 0.717) is 30.2 Å². The molecule has 0 saturated carbocycles. The molecule has 0 saturated heterocycles. The summed E-state index contributed by atoms with van der Waals surface area (Å²) in [6, 6.07) is 6.69. The molecule has 0 aliphatic carbocycles. The van der Waals surface area contributed by atoms with Crippen LogP contribution in [0.4, 0.5) is 10.5 Å². The number of hydrogen-bond acceptors (Lipinski definition) is 3. The Hall–Kier alpha value is -1.89. The van der Waals surface area contributed by atoms with Crippen LogP contribution in [0.25, 0.3) is 0 Å². The number of benzene rings is 1. The van der Waals surface area contributed by atoms with Gasteiger partial charge >= 0.3 is 12.0 Å². The molecule has 1 aromatic carbocycles. The van der Waals surface area contributed by atoms with Gasteiger partial charge in [0, 0.05) is 41.0 Å². The van der Waals surface area contributed by atoms with E-state index in [1.165, 1.54) is 0 Å². The van der Waals surface area contributed by atoms with Crippen LogP contribution in [0.2, 0.25) is 0 Å². The predicted octanol–water partition coefficient (Wildman–Crippen LogP) is 1.59. The molecule has 0 spiro atoms. The van der Waals surface area contributed by atoms with Gasteiger partial charge in [-0.15, -0.1) is 0 Å². The fraction of sp³-hybridized carbons (Fsp3) is 0.429. The van der Waals surface area contributed by atoms with E-state index < -0.39 is 16.8 Å². The van der Waals surface area contributed by atoms with Crippen molar-refractivity contribution in [3.8, 4) is 0 Å². The van der Waals surface area contributed by atoms with Gasteiger partial charge in [-0.2, -0.15) is 0 Å². The number of carboxylic acid groups (broad SMARTS) is 1. The van der Waals surface area contributed by atoms with Gasteiger partial charge in [0.15, 0.2) is 0 Å². The molecule has 1 unspecified atom stereocenters. The van der Waals surface area contributed by atoms with Gasteiger partial charge in [0.1, 0.15) is 0 Å². The van der Waals surface area contributed by atoms with Gasteiger partial charge in [-0.05, 0) is 24.1 Å². The van der Waals surface area contributed by atoms with Crippen LogP contribution in [0, 0.1) is 0 Å². The number of carbonyl (C=O) groups excluding carboxylic acids is 1. The lowest BCUT2D eigenvalue weighted by atomic mass is 10.1. The van der Waals surface area contributed by atoms with Crippen LogP contribution in [0.15, 0.2) is 24.3 Å². The third-order valence-corrected chi connectivity index (χ3v) is 4.05. The molecule has 6 nitrogen and oxygen atoms in total. The monoisotopic (exact) mass is 312 g/mol. The molecule has 0 radical (unpaired) electrons. The minimum absolute atomic E-state index is 0.0540. The molecule has 1 atom stereocenters. The maximum absolute atomic E-state index is 11.6. The Morgan fingerprint density at radius 2 is 2.10 bits per heavy atom. The minimum atomic E-state index is -0.899. The van der Waals surface area contributed by atoms with Crippen molar-refractivity contribution in [3.05, 3.63) is 29.8 Å². The smallest absolute Gasteiger partial charge is 0.319 e. The highest BCUT2D eigenvalue weighted by Crippen LogP contribution is 2.12. The van der Waals surface area contributed by atoms with Crippen molar-refractivity contribution in [2.45, 2.75) is 19.8 Å². The van der Waals surface area contributed by atoms with E-state index in [-0.39, 0.29) is 12.5 Å². The fourth-order valence-electron chi connectivity index (χ4n) is 1.65. The van der Waals surface area contributed by atoms with E-state index in [4.69, 9.17) is 5.11 Å². The van der Waals surface area contributed by atoms with Crippen molar-refractivity contribution >= 4 is 28.5 Å². The van der Waals surface area contributed by atoms with E-state index in [1.807, 2.05) is 13.0 Å². The lowest BCUT2D eigenvalue weighted by molar-refractivity contribution is -0.136. The van der Waals surface area contributed by atoms with Gasteiger partial charge < -0.3 is 15.7 Å². The third-order valence-electron chi connectivity index (χ3n) is 2.75. The molecule has 0 heterocycles. The van der Waals surface area contributed by atoms with E-state index in [9.17, 15) is 13.8 Å². The van der Waals surface area contributed by atoms with Crippen molar-refractivity contribution in [2.24, 2.45) is 0 Å². The normalized spacial score (nSPS) is 11.7. The number of carbonyl (C=O) groups is 2. The first-order chi connectivity index (χ1) is 10.0. The van der Waals surface area contributed by atoms with E-state index >= 15 is 0 Å². The van der Waals surface area contributed by atoms with Crippen LogP contribution in [0.5, 0.6) is 0 Å². The molecule has 7 heteroatoms. The zero-order valence-corrected chi connectivity index (χ0v) is 12.7. The summed E-state index contributed by atoms with van der Waals surface area (Å²) >= 11 is 0. The average Bonchev–Trinajstić information content (AvgIpc) is 2.45. The zero-order chi connectivity index (χ0) is 15.7. The summed E-state index contributed by atoms with van der Waals surface area (Å²) in [4.78, 5) is 22.2. The summed E-state index contributed by atoms with van der Waals surface area (Å²) in [5.41, 5.74) is 1.45. The Kier molecular flexibility index (Phi) is 7.45. The zero-order valence-electron chi connectivity index (χ0n) is 11.9. The quantitative estimate of drug-likeness (QED) is 0.679. The molecule has 116 valence electrons. The van der Waals surface area contributed by atoms with Crippen molar-refractivity contribution in [1.29, 1.82) is 0 Å². The molecule has 3 N–H and O–H groups in total. The average molecular weight is 312 g/mol. The first-order valence-corrected chi connectivity index (χ1v) is 8.20. The van der Waals surface area contributed by atoms with Crippen LogP contribution in [0.3, 0.4) is 0 Å². The second-order valence-corrected chi connectivity index (χ2v) is 6.27. The number of aliphatic carboxylic acids is 1. The third kappa shape index (κ3) is 7.45. The molecule has 1 aromatic rings. The number of aryl methyl sites for hydroxylation is 1. The van der Waals surface area contributed by atoms with Crippen molar-refractivity contribution in [2.75, 3.05) is 23.4 Å². The van der Waals surface area contributed by atoms with Gasteiger partial charge in [-0.1, -0.05) is 19.1 Å². The van der Waals surface area contributed by atoms with Crippen LogP contribution in [-0.4, -0.2) is 39.4 Å². The fourth-order valence-corrected chi connectivity index (χ4v) is 2.27. The Morgan fingerprint density at radius 3 is 2.76 bits per heavy atom. The molecular formula is C14H20N2O4S. The van der Waals surface area contributed by atoms with Crippen LogP contribution >= 0.6 is 0 Å². The second kappa shape index (κ2) is 9.12. The van der Waals surface area contributed by atoms with Crippen molar-refractivity contribution in [1.82, 2.24) is 5.32 Å². The molecule has 0 aromatic heterocycles. The molecular weight excluding hydrogens is 292 g/mol. The van der Waals surface area contributed by atoms with Gasteiger partial charge in [-0.3, -0.25) is 9.00 Å². The summed E-state index contributed by atoms with van der Waals surface area (Å²) < 4.78 is 11.2. The Labute approximate surface area is 126 Å². The topological polar surface area (TPSA) is 95.5 Å². The highest BCUT2D eigenvalue weighted by Gasteiger charge is 2.04. The number of nitrogens with one attached hydrogen (secondary N) is 2. The first kappa shape index (κ1) is 17.2. The highest BCUT2D eigenvalue weighted by atomic mass is 32.2. The maximum Gasteiger partial charge on any atom is 0.319 e. The molecule has 0 aliphatic heterocycles. The van der Waals surface area contributed by atoms with Gasteiger partial charge in [-0.25, -0.2) is 4.79 Å².